The molecule has 1 aliphatic rings. The van der Waals surface area contributed by atoms with Gasteiger partial charge in [0.25, 0.3) is 0 Å². The van der Waals surface area contributed by atoms with Crippen LogP contribution < -0.4 is 0 Å². The molecule has 0 spiro atoms. The first-order valence-electron chi connectivity index (χ1n) is 8.36. The van der Waals surface area contributed by atoms with E-state index in [2.05, 4.69) is 0 Å². The minimum atomic E-state index is -0.525. The Hall–Kier alpha value is -1.34. The van der Waals surface area contributed by atoms with Gasteiger partial charge in [-0.3, -0.25) is 9.59 Å². The second-order valence-corrected chi connectivity index (χ2v) is 6.98. The quantitative estimate of drug-likeness (QED) is 0.384. The van der Waals surface area contributed by atoms with Gasteiger partial charge in [0.1, 0.15) is 6.61 Å². The standard InChI is InChI=1S/C17H29BO6/c1-13(19)21-11-9-7-8-10-15(12-22-14(2)20)18-23-16(3,4)17(5,6)24-18/h10H,7-9,11-12H2,1-6H3/b15-10+. The van der Waals surface area contributed by atoms with Crippen LogP contribution in [0.5, 0.6) is 0 Å². The smallest absolute Gasteiger partial charge is 0.466 e. The van der Waals surface area contributed by atoms with E-state index in [1.165, 1.54) is 13.8 Å². The molecular weight excluding hydrogens is 311 g/mol. The molecule has 0 unspecified atom stereocenters. The second kappa shape index (κ2) is 8.67. The predicted molar refractivity (Wildman–Crippen MR) is 91.3 cm³/mol. The van der Waals surface area contributed by atoms with Gasteiger partial charge < -0.3 is 18.8 Å². The third-order valence-electron chi connectivity index (χ3n) is 4.31. The zero-order valence-electron chi connectivity index (χ0n) is 15.6. The van der Waals surface area contributed by atoms with Crippen LogP contribution in [-0.4, -0.2) is 43.5 Å². The topological polar surface area (TPSA) is 71.1 Å². The van der Waals surface area contributed by atoms with Gasteiger partial charge in [0.2, 0.25) is 0 Å². The predicted octanol–water partition coefficient (Wildman–Crippen LogP) is 2.84. The molecule has 0 aromatic rings. The highest BCUT2D eigenvalue weighted by Crippen LogP contribution is 2.38. The maximum Gasteiger partial charge on any atom is 0.493 e. The number of esters is 2. The van der Waals surface area contributed by atoms with Crippen molar-refractivity contribution in [3.8, 4) is 0 Å². The summed E-state index contributed by atoms with van der Waals surface area (Å²) in [6, 6.07) is 0. The zero-order valence-corrected chi connectivity index (χ0v) is 15.6. The average molecular weight is 340 g/mol. The van der Waals surface area contributed by atoms with Gasteiger partial charge in [0.05, 0.1) is 17.8 Å². The molecule has 0 N–H and O–H groups in total. The molecule has 1 saturated heterocycles. The van der Waals surface area contributed by atoms with Crippen molar-refractivity contribution in [2.75, 3.05) is 13.2 Å². The van der Waals surface area contributed by atoms with Crippen LogP contribution in [0.3, 0.4) is 0 Å². The second-order valence-electron chi connectivity index (χ2n) is 6.98. The molecule has 0 aromatic carbocycles. The first-order chi connectivity index (χ1) is 11.0. The molecule has 0 bridgehead atoms. The van der Waals surface area contributed by atoms with Gasteiger partial charge in [-0.25, -0.2) is 0 Å². The number of hydrogen-bond donors (Lipinski definition) is 0. The summed E-state index contributed by atoms with van der Waals surface area (Å²) in [4.78, 5) is 21.8. The van der Waals surface area contributed by atoms with Crippen molar-refractivity contribution < 1.29 is 28.4 Å². The Bertz CT molecular complexity index is 467. The average Bonchev–Trinajstić information content (AvgIpc) is 2.64. The molecule has 1 aliphatic heterocycles. The first-order valence-corrected chi connectivity index (χ1v) is 8.36. The Labute approximate surface area is 145 Å². The van der Waals surface area contributed by atoms with Crippen molar-refractivity contribution in [2.45, 2.75) is 72.0 Å². The number of ether oxygens (including phenoxy) is 2. The SMILES string of the molecule is CC(=O)OCCCC/C=C(\COC(C)=O)B1OC(C)(C)C(C)(C)O1. The van der Waals surface area contributed by atoms with Crippen LogP contribution in [0.2, 0.25) is 0 Å². The van der Waals surface area contributed by atoms with Crippen molar-refractivity contribution in [1.29, 1.82) is 0 Å². The van der Waals surface area contributed by atoms with Gasteiger partial charge in [-0.15, -0.1) is 0 Å². The third kappa shape index (κ3) is 6.28. The lowest BCUT2D eigenvalue weighted by Crippen LogP contribution is -2.41. The minimum absolute atomic E-state index is 0.149. The van der Waals surface area contributed by atoms with Crippen molar-refractivity contribution >= 4 is 19.1 Å². The Kier molecular flexibility index (Phi) is 7.48. The number of allylic oxidation sites excluding steroid dienone is 1. The number of unbranched alkanes of at least 4 members (excludes halogenated alkanes) is 2. The summed E-state index contributed by atoms with van der Waals surface area (Å²) < 4.78 is 22.1. The molecule has 0 amide bonds. The molecule has 0 aromatic heterocycles. The summed E-state index contributed by atoms with van der Waals surface area (Å²) in [5.41, 5.74) is -0.0821. The van der Waals surface area contributed by atoms with Crippen LogP contribution in [0, 0.1) is 0 Å². The third-order valence-corrected chi connectivity index (χ3v) is 4.31. The zero-order chi connectivity index (χ0) is 18.4. The fourth-order valence-corrected chi connectivity index (χ4v) is 2.15. The summed E-state index contributed by atoms with van der Waals surface area (Å²) in [7, 11) is -0.525. The van der Waals surface area contributed by atoms with E-state index in [1.807, 2.05) is 33.8 Å². The highest BCUT2D eigenvalue weighted by atomic mass is 16.7. The first kappa shape index (κ1) is 20.7. The summed E-state index contributed by atoms with van der Waals surface area (Å²) >= 11 is 0. The molecule has 136 valence electrons. The Balaban J connectivity index is 2.62. The van der Waals surface area contributed by atoms with Crippen LogP contribution in [-0.2, 0) is 28.4 Å². The fourth-order valence-electron chi connectivity index (χ4n) is 2.15. The van der Waals surface area contributed by atoms with Crippen LogP contribution in [0.15, 0.2) is 11.5 Å². The minimum Gasteiger partial charge on any atom is -0.466 e. The maximum atomic E-state index is 11.1. The highest BCUT2D eigenvalue weighted by Gasteiger charge is 2.52. The normalized spacial score (nSPS) is 19.2. The Morgan fingerprint density at radius 2 is 1.50 bits per heavy atom. The molecule has 0 atom stereocenters. The van der Waals surface area contributed by atoms with E-state index < -0.39 is 18.3 Å². The molecule has 1 rings (SSSR count). The van der Waals surface area contributed by atoms with Crippen molar-refractivity contribution in [1.82, 2.24) is 0 Å². The van der Waals surface area contributed by atoms with Gasteiger partial charge in [-0.1, -0.05) is 6.08 Å². The molecule has 1 fully saturated rings. The van der Waals surface area contributed by atoms with Gasteiger partial charge in [-0.05, 0) is 52.4 Å². The summed E-state index contributed by atoms with van der Waals surface area (Å²) in [5.74, 6) is -0.606. The maximum absolute atomic E-state index is 11.1. The Morgan fingerprint density at radius 3 is 2.00 bits per heavy atom. The van der Waals surface area contributed by atoms with Crippen molar-refractivity contribution in [3.63, 3.8) is 0 Å². The number of carbonyl (C=O) groups is 2. The molecule has 24 heavy (non-hydrogen) atoms. The van der Waals surface area contributed by atoms with Crippen LogP contribution >= 0.6 is 0 Å². The summed E-state index contributed by atoms with van der Waals surface area (Å²) in [6.45, 7) is 11.3. The lowest BCUT2D eigenvalue weighted by Gasteiger charge is -2.32. The molecule has 1 heterocycles. The van der Waals surface area contributed by atoms with Gasteiger partial charge >= 0.3 is 19.1 Å². The lowest BCUT2D eigenvalue weighted by atomic mass is 9.78. The van der Waals surface area contributed by atoms with E-state index in [0.29, 0.717) is 6.61 Å². The largest absolute Gasteiger partial charge is 0.493 e. The van der Waals surface area contributed by atoms with Crippen molar-refractivity contribution in [3.05, 3.63) is 11.5 Å². The molecule has 0 saturated carbocycles. The molecular formula is C17H29BO6. The Morgan fingerprint density at radius 1 is 0.958 bits per heavy atom. The van der Waals surface area contributed by atoms with Gasteiger partial charge in [0.15, 0.2) is 0 Å². The van der Waals surface area contributed by atoms with E-state index in [4.69, 9.17) is 18.8 Å². The molecule has 0 radical (unpaired) electrons. The molecule has 6 nitrogen and oxygen atoms in total. The monoisotopic (exact) mass is 340 g/mol. The van der Waals surface area contributed by atoms with E-state index >= 15 is 0 Å². The van der Waals surface area contributed by atoms with E-state index in [1.54, 1.807) is 0 Å². The summed E-state index contributed by atoms with van der Waals surface area (Å²) in [5, 5.41) is 0. The van der Waals surface area contributed by atoms with Crippen LogP contribution in [0.4, 0.5) is 0 Å². The number of hydrogen-bond acceptors (Lipinski definition) is 6. The van der Waals surface area contributed by atoms with Gasteiger partial charge in [-0.2, -0.15) is 0 Å². The molecule has 7 heteroatoms. The highest BCUT2D eigenvalue weighted by molar-refractivity contribution is 6.54. The van der Waals surface area contributed by atoms with Crippen molar-refractivity contribution in [2.24, 2.45) is 0 Å². The van der Waals surface area contributed by atoms with E-state index in [0.717, 1.165) is 24.7 Å². The van der Waals surface area contributed by atoms with E-state index in [9.17, 15) is 9.59 Å². The molecule has 0 aliphatic carbocycles. The van der Waals surface area contributed by atoms with Crippen LogP contribution in [0.1, 0.15) is 60.8 Å². The van der Waals surface area contributed by atoms with Crippen LogP contribution in [0.25, 0.3) is 0 Å². The summed E-state index contributed by atoms with van der Waals surface area (Å²) in [6.07, 6.45) is 4.39. The fraction of sp³-hybridized carbons (Fsp3) is 0.765. The van der Waals surface area contributed by atoms with E-state index in [-0.39, 0.29) is 18.5 Å². The van der Waals surface area contributed by atoms with Gasteiger partial charge in [0, 0.05) is 13.8 Å². The number of rotatable bonds is 8. The lowest BCUT2D eigenvalue weighted by molar-refractivity contribution is -0.141. The number of carbonyl (C=O) groups excluding carboxylic acids is 2.